The Kier molecular flexibility index (Phi) is 6.71. The fraction of sp³-hybridized carbons (Fsp3) is 0.278. The Hall–Kier alpha value is -2.67. The third kappa shape index (κ3) is 4.90. The van der Waals surface area contributed by atoms with Crippen LogP contribution in [0.3, 0.4) is 0 Å². The molecule has 0 unspecified atom stereocenters. The average Bonchev–Trinajstić information content (AvgIpc) is 3.18. The summed E-state index contributed by atoms with van der Waals surface area (Å²) in [5, 5.41) is 4.60. The fourth-order valence-corrected chi connectivity index (χ4v) is 2.96. The van der Waals surface area contributed by atoms with Gasteiger partial charge in [-0.1, -0.05) is 18.2 Å². The van der Waals surface area contributed by atoms with Crippen molar-refractivity contribution in [2.45, 2.75) is 12.8 Å². The number of benzene rings is 1. The SMILES string of the molecule is COC(=O)CCCNC(=O)c1ccccc1N(C)C(=O)c1cccs1. The zero-order valence-electron chi connectivity index (χ0n) is 14.2. The van der Waals surface area contributed by atoms with Crippen molar-refractivity contribution >= 4 is 34.8 Å². The lowest BCUT2D eigenvalue weighted by molar-refractivity contribution is -0.140. The number of rotatable bonds is 7. The third-order valence-corrected chi connectivity index (χ3v) is 4.48. The zero-order chi connectivity index (χ0) is 18.2. The minimum absolute atomic E-state index is 0.166. The first-order chi connectivity index (χ1) is 12.0. The standard InChI is InChI=1S/C18H20N2O4S/c1-20(18(23)15-9-6-12-25-15)14-8-4-3-7-13(14)17(22)19-11-5-10-16(21)24-2/h3-4,6-9,12H,5,10-11H2,1-2H3,(H,19,22). The van der Waals surface area contributed by atoms with Gasteiger partial charge in [0.05, 0.1) is 23.2 Å². The van der Waals surface area contributed by atoms with Crippen LogP contribution < -0.4 is 10.2 Å². The Morgan fingerprint density at radius 2 is 1.92 bits per heavy atom. The van der Waals surface area contributed by atoms with Crippen molar-refractivity contribution in [1.29, 1.82) is 0 Å². The van der Waals surface area contributed by atoms with Crippen molar-refractivity contribution in [3.05, 3.63) is 52.2 Å². The molecule has 2 rings (SSSR count). The van der Waals surface area contributed by atoms with E-state index >= 15 is 0 Å². The third-order valence-electron chi connectivity index (χ3n) is 3.62. The van der Waals surface area contributed by atoms with E-state index in [4.69, 9.17) is 0 Å². The number of esters is 1. The van der Waals surface area contributed by atoms with Gasteiger partial charge in [0.1, 0.15) is 0 Å². The second-order valence-corrected chi connectivity index (χ2v) is 6.24. The monoisotopic (exact) mass is 360 g/mol. The van der Waals surface area contributed by atoms with Crippen LogP contribution >= 0.6 is 11.3 Å². The summed E-state index contributed by atoms with van der Waals surface area (Å²) in [6.07, 6.45) is 0.736. The van der Waals surface area contributed by atoms with E-state index in [9.17, 15) is 14.4 Å². The van der Waals surface area contributed by atoms with Gasteiger partial charge >= 0.3 is 5.97 Å². The van der Waals surface area contributed by atoms with Crippen LogP contribution in [-0.4, -0.2) is 38.5 Å². The molecular weight excluding hydrogens is 340 g/mol. The van der Waals surface area contributed by atoms with Crippen LogP contribution in [0.4, 0.5) is 5.69 Å². The maximum absolute atomic E-state index is 12.5. The molecule has 0 aliphatic heterocycles. The number of carbonyl (C=O) groups is 3. The molecule has 0 atom stereocenters. The van der Waals surface area contributed by atoms with Gasteiger partial charge in [0.25, 0.3) is 11.8 Å². The first kappa shape index (κ1) is 18.7. The molecule has 1 N–H and O–H groups in total. The Morgan fingerprint density at radius 1 is 1.16 bits per heavy atom. The van der Waals surface area contributed by atoms with E-state index in [2.05, 4.69) is 10.1 Å². The molecule has 0 fully saturated rings. The Bertz CT molecular complexity index is 743. The van der Waals surface area contributed by atoms with E-state index in [1.807, 2.05) is 11.4 Å². The summed E-state index contributed by atoms with van der Waals surface area (Å²) in [6.45, 7) is 0.352. The van der Waals surface area contributed by atoms with Gasteiger partial charge in [-0.3, -0.25) is 14.4 Å². The van der Waals surface area contributed by atoms with E-state index in [1.54, 1.807) is 37.4 Å². The number of methoxy groups -OCH3 is 1. The smallest absolute Gasteiger partial charge is 0.305 e. The van der Waals surface area contributed by atoms with Crippen molar-refractivity contribution in [2.24, 2.45) is 0 Å². The first-order valence-electron chi connectivity index (χ1n) is 7.80. The van der Waals surface area contributed by atoms with E-state index in [-0.39, 0.29) is 24.2 Å². The van der Waals surface area contributed by atoms with Gasteiger partial charge in [-0.2, -0.15) is 0 Å². The summed E-state index contributed by atoms with van der Waals surface area (Å²) in [5.41, 5.74) is 0.944. The maximum atomic E-state index is 12.5. The van der Waals surface area contributed by atoms with Gasteiger partial charge in [0.2, 0.25) is 0 Å². The molecular formula is C18H20N2O4S. The highest BCUT2D eigenvalue weighted by atomic mass is 32.1. The molecule has 0 spiro atoms. The van der Waals surface area contributed by atoms with Crippen molar-refractivity contribution in [2.75, 3.05) is 25.6 Å². The molecule has 0 bridgehead atoms. The summed E-state index contributed by atoms with van der Waals surface area (Å²) >= 11 is 1.35. The van der Waals surface area contributed by atoms with Crippen LogP contribution in [0.1, 0.15) is 32.9 Å². The van der Waals surface area contributed by atoms with Gasteiger partial charge in [0, 0.05) is 20.0 Å². The normalized spacial score (nSPS) is 10.2. The van der Waals surface area contributed by atoms with Crippen LogP contribution in [-0.2, 0) is 9.53 Å². The molecule has 2 amide bonds. The maximum Gasteiger partial charge on any atom is 0.305 e. The van der Waals surface area contributed by atoms with Gasteiger partial charge in [-0.25, -0.2) is 0 Å². The number of hydrogen-bond donors (Lipinski definition) is 1. The summed E-state index contributed by atoms with van der Waals surface area (Å²) in [4.78, 5) is 38.1. The molecule has 132 valence electrons. The number of carbonyl (C=O) groups excluding carboxylic acids is 3. The highest BCUT2D eigenvalue weighted by Crippen LogP contribution is 2.22. The molecule has 2 aromatic rings. The minimum Gasteiger partial charge on any atom is -0.469 e. The van der Waals surface area contributed by atoms with E-state index < -0.39 is 0 Å². The predicted octanol–water partition coefficient (Wildman–Crippen LogP) is 2.71. The first-order valence-corrected chi connectivity index (χ1v) is 8.68. The quantitative estimate of drug-likeness (QED) is 0.608. The predicted molar refractivity (Wildman–Crippen MR) is 97.1 cm³/mol. The van der Waals surface area contributed by atoms with Crippen LogP contribution in [0.15, 0.2) is 41.8 Å². The number of nitrogens with one attached hydrogen (secondary N) is 1. The molecule has 0 radical (unpaired) electrons. The van der Waals surface area contributed by atoms with Crippen molar-refractivity contribution in [3.63, 3.8) is 0 Å². The second kappa shape index (κ2) is 8.98. The lowest BCUT2D eigenvalue weighted by Crippen LogP contribution is -2.30. The number of nitrogens with zero attached hydrogens (tertiary/aromatic N) is 1. The summed E-state index contributed by atoms with van der Waals surface area (Å²) < 4.78 is 4.56. The Labute approximate surface area is 150 Å². The molecule has 0 saturated heterocycles. The zero-order valence-corrected chi connectivity index (χ0v) is 15.0. The number of thiophene rings is 1. The highest BCUT2D eigenvalue weighted by Gasteiger charge is 2.20. The lowest BCUT2D eigenvalue weighted by Gasteiger charge is -2.19. The summed E-state index contributed by atoms with van der Waals surface area (Å²) in [7, 11) is 2.98. The molecule has 6 nitrogen and oxygen atoms in total. The van der Waals surface area contributed by atoms with Crippen LogP contribution in [0.5, 0.6) is 0 Å². The van der Waals surface area contributed by atoms with Crippen LogP contribution in [0.25, 0.3) is 0 Å². The van der Waals surface area contributed by atoms with Crippen molar-refractivity contribution < 1.29 is 19.1 Å². The Morgan fingerprint density at radius 3 is 2.60 bits per heavy atom. The van der Waals surface area contributed by atoms with Gasteiger partial charge in [-0.05, 0) is 30.0 Å². The van der Waals surface area contributed by atoms with Gasteiger partial charge in [-0.15, -0.1) is 11.3 Å². The number of hydrogen-bond acceptors (Lipinski definition) is 5. The number of amides is 2. The largest absolute Gasteiger partial charge is 0.469 e. The van der Waals surface area contributed by atoms with Crippen molar-refractivity contribution in [3.8, 4) is 0 Å². The number of para-hydroxylation sites is 1. The topological polar surface area (TPSA) is 75.7 Å². The molecule has 1 aromatic heterocycles. The molecule has 25 heavy (non-hydrogen) atoms. The van der Waals surface area contributed by atoms with Crippen LogP contribution in [0, 0.1) is 0 Å². The lowest BCUT2D eigenvalue weighted by atomic mass is 10.1. The molecule has 7 heteroatoms. The number of ether oxygens (including phenoxy) is 1. The molecule has 1 aromatic carbocycles. The average molecular weight is 360 g/mol. The molecule has 0 aliphatic rings. The highest BCUT2D eigenvalue weighted by molar-refractivity contribution is 7.12. The van der Waals surface area contributed by atoms with Crippen molar-refractivity contribution in [1.82, 2.24) is 5.32 Å². The minimum atomic E-state index is -0.309. The van der Waals surface area contributed by atoms with E-state index in [0.29, 0.717) is 29.1 Å². The van der Waals surface area contributed by atoms with Crippen LogP contribution in [0.2, 0.25) is 0 Å². The van der Waals surface area contributed by atoms with E-state index in [1.165, 1.54) is 23.3 Å². The summed E-state index contributed by atoms with van der Waals surface area (Å²) in [5.74, 6) is -0.761. The Balaban J connectivity index is 2.05. The fourth-order valence-electron chi connectivity index (χ4n) is 2.27. The molecule has 0 aliphatic carbocycles. The molecule has 1 heterocycles. The number of anilines is 1. The summed E-state index contributed by atoms with van der Waals surface area (Å²) in [6, 6.07) is 10.5. The van der Waals surface area contributed by atoms with E-state index in [0.717, 1.165) is 0 Å². The molecule has 0 saturated carbocycles. The second-order valence-electron chi connectivity index (χ2n) is 5.29. The van der Waals surface area contributed by atoms with Gasteiger partial charge in [0.15, 0.2) is 0 Å². The van der Waals surface area contributed by atoms with Gasteiger partial charge < -0.3 is 15.0 Å².